The Labute approximate surface area is 115 Å². The van der Waals surface area contributed by atoms with E-state index in [0.29, 0.717) is 11.1 Å². The Balaban J connectivity index is 2.17. The number of anilines is 1. The number of rotatable bonds is 3. The van der Waals surface area contributed by atoms with Crippen molar-refractivity contribution in [2.45, 2.75) is 46.0 Å². The lowest BCUT2D eigenvalue weighted by atomic mass is 10.1. The summed E-state index contributed by atoms with van der Waals surface area (Å²) >= 11 is 6.12. The smallest absolute Gasteiger partial charge is 0.226 e. The van der Waals surface area contributed by atoms with Crippen molar-refractivity contribution in [1.29, 1.82) is 0 Å². The molecule has 0 spiro atoms. The summed E-state index contributed by atoms with van der Waals surface area (Å²) in [5, 5.41) is 0.569. The van der Waals surface area contributed by atoms with E-state index in [4.69, 9.17) is 11.6 Å². The molecule has 0 unspecified atom stereocenters. The molecule has 0 N–H and O–H groups in total. The minimum absolute atomic E-state index is 0.569. The SMILES string of the molecule is CC(C)Cc1cc(Cl)nc(N2CCCCCC2)n1. The topological polar surface area (TPSA) is 29.0 Å². The molecule has 1 aromatic heterocycles. The molecule has 1 aromatic rings. The second-order valence-corrected chi connectivity index (χ2v) is 5.87. The first-order valence-electron chi connectivity index (χ1n) is 6.93. The largest absolute Gasteiger partial charge is 0.341 e. The van der Waals surface area contributed by atoms with E-state index in [0.717, 1.165) is 31.2 Å². The molecule has 1 aliphatic rings. The third-order valence-electron chi connectivity index (χ3n) is 3.24. The van der Waals surface area contributed by atoms with E-state index in [2.05, 4.69) is 28.7 Å². The Morgan fingerprint density at radius 2 is 1.83 bits per heavy atom. The van der Waals surface area contributed by atoms with E-state index in [1.807, 2.05) is 6.07 Å². The fourth-order valence-electron chi connectivity index (χ4n) is 2.39. The normalized spacial score (nSPS) is 17.0. The fourth-order valence-corrected chi connectivity index (χ4v) is 2.59. The van der Waals surface area contributed by atoms with E-state index < -0.39 is 0 Å². The zero-order valence-corrected chi connectivity index (χ0v) is 12.1. The Bertz CT molecular complexity index is 385. The Morgan fingerprint density at radius 1 is 1.17 bits per heavy atom. The van der Waals surface area contributed by atoms with Gasteiger partial charge in [-0.25, -0.2) is 9.97 Å². The predicted octanol–water partition coefficient (Wildman–Crippen LogP) is 3.71. The molecule has 0 aliphatic carbocycles. The van der Waals surface area contributed by atoms with Crippen molar-refractivity contribution in [3.05, 3.63) is 16.9 Å². The van der Waals surface area contributed by atoms with Crippen LogP contribution in [0.25, 0.3) is 0 Å². The van der Waals surface area contributed by atoms with E-state index in [-0.39, 0.29) is 0 Å². The van der Waals surface area contributed by atoms with Gasteiger partial charge < -0.3 is 4.90 Å². The Hall–Kier alpha value is -0.830. The summed E-state index contributed by atoms with van der Waals surface area (Å²) in [4.78, 5) is 11.3. The molecule has 0 aromatic carbocycles. The molecule has 3 nitrogen and oxygen atoms in total. The van der Waals surface area contributed by atoms with Crippen LogP contribution in [0.3, 0.4) is 0 Å². The average molecular weight is 268 g/mol. The summed E-state index contributed by atoms with van der Waals surface area (Å²) in [6.07, 6.45) is 6.06. The summed E-state index contributed by atoms with van der Waals surface area (Å²) in [5.74, 6) is 1.41. The van der Waals surface area contributed by atoms with Crippen LogP contribution in [0, 0.1) is 5.92 Å². The van der Waals surface area contributed by atoms with Gasteiger partial charge in [0.1, 0.15) is 5.15 Å². The summed E-state index contributed by atoms with van der Waals surface area (Å²) in [7, 11) is 0. The summed E-state index contributed by atoms with van der Waals surface area (Å²) in [5.41, 5.74) is 1.06. The van der Waals surface area contributed by atoms with Gasteiger partial charge in [-0.1, -0.05) is 38.3 Å². The van der Waals surface area contributed by atoms with Crippen LogP contribution in [0.5, 0.6) is 0 Å². The Morgan fingerprint density at radius 3 is 2.44 bits per heavy atom. The minimum atomic E-state index is 0.569. The van der Waals surface area contributed by atoms with Crippen molar-refractivity contribution in [2.75, 3.05) is 18.0 Å². The van der Waals surface area contributed by atoms with Gasteiger partial charge in [-0.2, -0.15) is 0 Å². The lowest BCUT2D eigenvalue weighted by Gasteiger charge is -2.21. The van der Waals surface area contributed by atoms with Crippen LogP contribution in [0.2, 0.25) is 5.15 Å². The number of nitrogens with zero attached hydrogens (tertiary/aromatic N) is 3. The van der Waals surface area contributed by atoms with Crippen molar-refractivity contribution in [2.24, 2.45) is 5.92 Å². The highest BCUT2D eigenvalue weighted by atomic mass is 35.5. The zero-order chi connectivity index (χ0) is 13.0. The molecule has 1 saturated heterocycles. The molecule has 18 heavy (non-hydrogen) atoms. The molecule has 1 aliphatic heterocycles. The second kappa shape index (κ2) is 6.37. The highest BCUT2D eigenvalue weighted by Gasteiger charge is 2.14. The van der Waals surface area contributed by atoms with Gasteiger partial charge in [-0.05, 0) is 31.2 Å². The van der Waals surface area contributed by atoms with E-state index in [9.17, 15) is 0 Å². The van der Waals surface area contributed by atoms with Crippen molar-refractivity contribution >= 4 is 17.5 Å². The van der Waals surface area contributed by atoms with Crippen molar-refractivity contribution in [1.82, 2.24) is 9.97 Å². The standard InChI is InChI=1S/C14H22ClN3/c1-11(2)9-12-10-13(15)17-14(16-12)18-7-5-3-4-6-8-18/h10-11H,3-9H2,1-2H3. The number of aromatic nitrogens is 2. The van der Waals surface area contributed by atoms with Crippen LogP contribution < -0.4 is 4.90 Å². The van der Waals surface area contributed by atoms with Gasteiger partial charge in [-0.15, -0.1) is 0 Å². The van der Waals surface area contributed by atoms with Crippen LogP contribution in [0.4, 0.5) is 5.95 Å². The van der Waals surface area contributed by atoms with Crippen LogP contribution in [-0.4, -0.2) is 23.1 Å². The summed E-state index contributed by atoms with van der Waals surface area (Å²) < 4.78 is 0. The first-order chi connectivity index (χ1) is 8.65. The van der Waals surface area contributed by atoms with Gasteiger partial charge in [0.15, 0.2) is 0 Å². The van der Waals surface area contributed by atoms with E-state index in [1.165, 1.54) is 25.7 Å². The van der Waals surface area contributed by atoms with Crippen LogP contribution in [0.15, 0.2) is 6.07 Å². The fraction of sp³-hybridized carbons (Fsp3) is 0.714. The van der Waals surface area contributed by atoms with Gasteiger partial charge >= 0.3 is 0 Å². The highest BCUT2D eigenvalue weighted by Crippen LogP contribution is 2.19. The Kier molecular flexibility index (Phi) is 4.81. The quantitative estimate of drug-likeness (QED) is 0.782. The molecule has 2 heterocycles. The first-order valence-corrected chi connectivity index (χ1v) is 7.31. The first kappa shape index (κ1) is 13.6. The van der Waals surface area contributed by atoms with E-state index >= 15 is 0 Å². The second-order valence-electron chi connectivity index (χ2n) is 5.48. The van der Waals surface area contributed by atoms with Gasteiger partial charge in [0, 0.05) is 18.8 Å². The molecule has 2 rings (SSSR count). The maximum Gasteiger partial charge on any atom is 0.226 e. The highest BCUT2D eigenvalue weighted by molar-refractivity contribution is 6.29. The minimum Gasteiger partial charge on any atom is -0.341 e. The molecule has 0 atom stereocenters. The molecule has 0 bridgehead atoms. The lowest BCUT2D eigenvalue weighted by molar-refractivity contribution is 0.631. The average Bonchev–Trinajstić information content (AvgIpc) is 2.55. The van der Waals surface area contributed by atoms with Gasteiger partial charge in [0.05, 0.1) is 0 Å². The lowest BCUT2D eigenvalue weighted by Crippen LogP contribution is -2.26. The third-order valence-corrected chi connectivity index (χ3v) is 3.44. The van der Waals surface area contributed by atoms with Crippen LogP contribution >= 0.6 is 11.6 Å². The molecule has 100 valence electrons. The molecule has 0 radical (unpaired) electrons. The molecule has 0 amide bonds. The number of halogens is 1. The van der Waals surface area contributed by atoms with E-state index in [1.54, 1.807) is 0 Å². The molecule has 4 heteroatoms. The van der Waals surface area contributed by atoms with Gasteiger partial charge in [0.2, 0.25) is 5.95 Å². The van der Waals surface area contributed by atoms with Crippen molar-refractivity contribution in [3.8, 4) is 0 Å². The zero-order valence-electron chi connectivity index (χ0n) is 11.3. The van der Waals surface area contributed by atoms with Crippen LogP contribution in [0.1, 0.15) is 45.2 Å². The summed E-state index contributed by atoms with van der Waals surface area (Å²) in [6, 6.07) is 1.89. The van der Waals surface area contributed by atoms with Gasteiger partial charge in [-0.3, -0.25) is 0 Å². The number of hydrogen-bond donors (Lipinski definition) is 0. The summed E-state index contributed by atoms with van der Waals surface area (Å²) in [6.45, 7) is 6.51. The molecule has 0 saturated carbocycles. The third kappa shape index (κ3) is 3.84. The van der Waals surface area contributed by atoms with Crippen LogP contribution in [-0.2, 0) is 6.42 Å². The van der Waals surface area contributed by atoms with Crippen molar-refractivity contribution < 1.29 is 0 Å². The maximum absolute atomic E-state index is 6.12. The van der Waals surface area contributed by atoms with Gasteiger partial charge in [0.25, 0.3) is 0 Å². The number of hydrogen-bond acceptors (Lipinski definition) is 3. The maximum atomic E-state index is 6.12. The van der Waals surface area contributed by atoms with Crippen molar-refractivity contribution in [3.63, 3.8) is 0 Å². The molecular formula is C14H22ClN3. The molecule has 1 fully saturated rings. The predicted molar refractivity (Wildman–Crippen MR) is 76.3 cm³/mol. The molecular weight excluding hydrogens is 246 g/mol. The monoisotopic (exact) mass is 267 g/mol.